The normalized spacial score (nSPS) is 17.1. The molecule has 4 rings (SSSR count). The second kappa shape index (κ2) is 9.81. The predicted octanol–water partition coefficient (Wildman–Crippen LogP) is 4.08. The van der Waals surface area contributed by atoms with Crippen LogP contribution >= 0.6 is 0 Å². The Labute approximate surface area is 208 Å². The molecule has 1 fully saturated rings. The van der Waals surface area contributed by atoms with Gasteiger partial charge in [-0.1, -0.05) is 13.0 Å². The summed E-state index contributed by atoms with van der Waals surface area (Å²) in [6.07, 6.45) is 2.47. The van der Waals surface area contributed by atoms with Crippen molar-refractivity contribution in [2.75, 3.05) is 11.4 Å². The fourth-order valence-corrected chi connectivity index (χ4v) is 5.32. The van der Waals surface area contributed by atoms with Crippen LogP contribution in [0.15, 0.2) is 59.8 Å². The molecule has 1 aliphatic rings. The first-order valence-electron chi connectivity index (χ1n) is 11.3. The highest BCUT2D eigenvalue weighted by atomic mass is 32.2. The minimum absolute atomic E-state index is 0.0722. The van der Waals surface area contributed by atoms with E-state index in [0.717, 1.165) is 18.6 Å². The van der Waals surface area contributed by atoms with Crippen molar-refractivity contribution >= 4 is 21.7 Å². The standard InChI is InChI=1S/C25H26F2N4O4S/c1-16-13-25(2,3)31(14-16)23-19(6-5-11-28-23)24(32)30-36(33,34)22-8-4-7-21(29-22)35-15-17-9-10-18(26)12-20(17)27/h4-12,16H,13-15H2,1-3H3,(H,30,32). The monoisotopic (exact) mass is 516 g/mol. The number of benzene rings is 1. The van der Waals surface area contributed by atoms with Crippen molar-refractivity contribution in [3.63, 3.8) is 0 Å². The number of carbonyl (C=O) groups excluding carboxylic acids is 1. The van der Waals surface area contributed by atoms with E-state index < -0.39 is 32.6 Å². The van der Waals surface area contributed by atoms with Crippen LogP contribution in [0.4, 0.5) is 14.6 Å². The van der Waals surface area contributed by atoms with Gasteiger partial charge in [-0.25, -0.2) is 18.5 Å². The van der Waals surface area contributed by atoms with E-state index in [-0.39, 0.29) is 29.2 Å². The van der Waals surface area contributed by atoms with Gasteiger partial charge in [0.2, 0.25) is 5.88 Å². The second-order valence-electron chi connectivity index (χ2n) is 9.38. The fraction of sp³-hybridized carbons (Fsp3) is 0.320. The topological polar surface area (TPSA) is 101 Å². The van der Waals surface area contributed by atoms with Crippen molar-refractivity contribution in [2.24, 2.45) is 5.92 Å². The molecule has 1 aromatic carbocycles. The molecule has 1 N–H and O–H groups in total. The van der Waals surface area contributed by atoms with Gasteiger partial charge in [-0.15, -0.1) is 0 Å². The number of nitrogens with one attached hydrogen (secondary N) is 1. The molecule has 3 heterocycles. The first-order chi connectivity index (χ1) is 17.0. The van der Waals surface area contributed by atoms with Crippen LogP contribution in [0.5, 0.6) is 5.88 Å². The molecule has 8 nitrogen and oxygen atoms in total. The van der Waals surface area contributed by atoms with E-state index in [1.165, 1.54) is 30.3 Å². The smallest absolute Gasteiger partial charge is 0.281 e. The number of amides is 1. The summed E-state index contributed by atoms with van der Waals surface area (Å²) >= 11 is 0. The maximum atomic E-state index is 13.8. The van der Waals surface area contributed by atoms with Crippen molar-refractivity contribution in [3.05, 3.63) is 77.5 Å². The number of nitrogens with zero attached hydrogens (tertiary/aromatic N) is 3. The largest absolute Gasteiger partial charge is 0.473 e. The van der Waals surface area contributed by atoms with Gasteiger partial charge >= 0.3 is 0 Å². The van der Waals surface area contributed by atoms with E-state index in [1.54, 1.807) is 12.3 Å². The maximum Gasteiger partial charge on any atom is 0.281 e. The molecule has 1 atom stereocenters. The van der Waals surface area contributed by atoms with Crippen molar-refractivity contribution in [2.45, 2.75) is 44.4 Å². The third kappa shape index (κ3) is 5.46. The lowest BCUT2D eigenvalue weighted by molar-refractivity contribution is 0.0981. The average Bonchev–Trinajstić information content (AvgIpc) is 3.10. The van der Waals surface area contributed by atoms with Crippen molar-refractivity contribution in [1.82, 2.24) is 14.7 Å². The number of anilines is 1. The Balaban J connectivity index is 1.52. The van der Waals surface area contributed by atoms with Crippen molar-refractivity contribution < 1.29 is 26.7 Å². The predicted molar refractivity (Wildman–Crippen MR) is 129 cm³/mol. The molecule has 1 saturated heterocycles. The van der Waals surface area contributed by atoms with Gasteiger partial charge in [0.25, 0.3) is 15.9 Å². The van der Waals surface area contributed by atoms with Crippen LogP contribution in [0.1, 0.15) is 43.1 Å². The Morgan fingerprint density at radius 2 is 1.97 bits per heavy atom. The molecule has 0 saturated carbocycles. The summed E-state index contributed by atoms with van der Waals surface area (Å²) in [6.45, 7) is 6.61. The minimum Gasteiger partial charge on any atom is -0.473 e. The lowest BCUT2D eigenvalue weighted by atomic mass is 9.97. The van der Waals surface area contributed by atoms with Crippen LogP contribution in [0.2, 0.25) is 0 Å². The van der Waals surface area contributed by atoms with Gasteiger partial charge in [-0.3, -0.25) is 4.79 Å². The Bertz CT molecular complexity index is 1400. The quantitative estimate of drug-likeness (QED) is 0.505. The number of sulfonamides is 1. The minimum atomic E-state index is -4.37. The molecular weight excluding hydrogens is 490 g/mol. The zero-order valence-electron chi connectivity index (χ0n) is 20.0. The molecule has 1 amide bonds. The van der Waals surface area contributed by atoms with Gasteiger partial charge in [0.15, 0.2) is 5.03 Å². The van der Waals surface area contributed by atoms with Gasteiger partial charge in [0.1, 0.15) is 24.1 Å². The third-order valence-corrected chi connectivity index (χ3v) is 7.18. The van der Waals surface area contributed by atoms with Gasteiger partial charge in [-0.05, 0) is 56.5 Å². The van der Waals surface area contributed by atoms with Gasteiger partial charge in [-0.2, -0.15) is 13.4 Å². The summed E-state index contributed by atoms with van der Waals surface area (Å²) < 4.78 is 60.3. The maximum absolute atomic E-state index is 13.8. The molecule has 1 unspecified atom stereocenters. The highest BCUT2D eigenvalue weighted by Gasteiger charge is 2.39. The van der Waals surface area contributed by atoms with Crippen molar-refractivity contribution in [3.8, 4) is 5.88 Å². The Morgan fingerprint density at radius 1 is 1.19 bits per heavy atom. The van der Waals surface area contributed by atoms with Crippen LogP contribution in [0.25, 0.3) is 0 Å². The average molecular weight is 517 g/mol. The van der Waals surface area contributed by atoms with Crippen LogP contribution in [-0.2, 0) is 16.6 Å². The lowest BCUT2D eigenvalue weighted by Gasteiger charge is -2.33. The number of aromatic nitrogens is 2. The number of halogens is 2. The molecule has 190 valence electrons. The molecule has 0 bridgehead atoms. The molecule has 2 aromatic heterocycles. The highest BCUT2D eigenvalue weighted by Crippen LogP contribution is 2.37. The van der Waals surface area contributed by atoms with Gasteiger partial charge in [0, 0.05) is 36.0 Å². The van der Waals surface area contributed by atoms with E-state index in [4.69, 9.17) is 4.74 Å². The zero-order valence-corrected chi connectivity index (χ0v) is 20.9. The van der Waals surface area contributed by atoms with Crippen LogP contribution in [-0.4, -0.2) is 36.4 Å². The van der Waals surface area contributed by atoms with Gasteiger partial charge in [0.05, 0.1) is 5.56 Å². The second-order valence-corrected chi connectivity index (χ2v) is 11.0. The van der Waals surface area contributed by atoms with E-state index in [1.807, 2.05) is 4.90 Å². The summed E-state index contributed by atoms with van der Waals surface area (Å²) in [5, 5.41) is -0.450. The Kier molecular flexibility index (Phi) is 6.94. The van der Waals surface area contributed by atoms with E-state index in [9.17, 15) is 22.0 Å². The van der Waals surface area contributed by atoms with Crippen molar-refractivity contribution in [1.29, 1.82) is 0 Å². The van der Waals surface area contributed by atoms with Crippen LogP contribution in [0.3, 0.4) is 0 Å². The number of ether oxygens (including phenoxy) is 1. The number of hydrogen-bond donors (Lipinski definition) is 1. The SMILES string of the molecule is CC1CN(c2ncccc2C(=O)NS(=O)(=O)c2cccc(OCc3ccc(F)cc3F)n2)C(C)(C)C1. The van der Waals surface area contributed by atoms with E-state index in [2.05, 4.69) is 35.5 Å². The summed E-state index contributed by atoms with van der Waals surface area (Å²) in [7, 11) is -4.37. The fourth-order valence-electron chi connectivity index (χ4n) is 4.39. The van der Waals surface area contributed by atoms with E-state index >= 15 is 0 Å². The zero-order chi connectivity index (χ0) is 26.1. The molecule has 3 aromatic rings. The third-order valence-electron chi connectivity index (χ3n) is 5.95. The summed E-state index contributed by atoms with van der Waals surface area (Å²) in [5.41, 5.74) is -0.0516. The highest BCUT2D eigenvalue weighted by molar-refractivity contribution is 7.90. The number of pyridine rings is 2. The first-order valence-corrected chi connectivity index (χ1v) is 12.8. The molecule has 0 spiro atoms. The Hall–Kier alpha value is -3.60. The van der Waals surface area contributed by atoms with Crippen LogP contribution in [0, 0.1) is 17.6 Å². The molecule has 0 radical (unpaired) electrons. The molecular formula is C25H26F2N4O4S. The summed E-state index contributed by atoms with van der Waals surface area (Å²) in [4.78, 5) is 23.4. The molecule has 0 aliphatic carbocycles. The summed E-state index contributed by atoms with van der Waals surface area (Å²) in [6, 6.07) is 10.1. The lowest BCUT2D eigenvalue weighted by Crippen LogP contribution is -2.41. The number of carbonyl (C=O) groups is 1. The number of hydrogen-bond acceptors (Lipinski definition) is 7. The Morgan fingerprint density at radius 3 is 2.67 bits per heavy atom. The molecule has 1 aliphatic heterocycles. The molecule has 11 heteroatoms. The number of rotatable bonds is 7. The first kappa shape index (κ1) is 25.5. The van der Waals surface area contributed by atoms with E-state index in [0.29, 0.717) is 18.3 Å². The summed E-state index contributed by atoms with van der Waals surface area (Å²) in [5.74, 6) is -1.67. The van der Waals surface area contributed by atoms with Gasteiger partial charge < -0.3 is 9.64 Å². The van der Waals surface area contributed by atoms with Crippen LogP contribution < -0.4 is 14.4 Å². The molecule has 36 heavy (non-hydrogen) atoms.